The van der Waals surface area contributed by atoms with E-state index < -0.39 is 6.61 Å². The standard InChI is InChI=1S/C16H23F2NOS/c1-12(19-11-15-3-2-10-21-15)4-5-13-6-8-14(9-7-13)20-16(17)18/h6-9,12,15-16,19H,2-5,10-11H2,1H3. The van der Waals surface area contributed by atoms with E-state index >= 15 is 0 Å². The lowest BCUT2D eigenvalue weighted by molar-refractivity contribution is -0.0498. The van der Waals surface area contributed by atoms with Gasteiger partial charge in [-0.1, -0.05) is 12.1 Å². The second-order valence-corrected chi connectivity index (χ2v) is 6.91. The van der Waals surface area contributed by atoms with Crippen molar-refractivity contribution in [1.82, 2.24) is 5.32 Å². The minimum absolute atomic E-state index is 0.221. The van der Waals surface area contributed by atoms with E-state index in [9.17, 15) is 8.78 Å². The Morgan fingerprint density at radius 1 is 1.33 bits per heavy atom. The molecule has 1 saturated heterocycles. The van der Waals surface area contributed by atoms with Crippen LogP contribution >= 0.6 is 11.8 Å². The van der Waals surface area contributed by atoms with Crippen molar-refractivity contribution >= 4 is 11.8 Å². The highest BCUT2D eigenvalue weighted by atomic mass is 32.2. The number of ether oxygens (including phenoxy) is 1. The van der Waals surface area contributed by atoms with Gasteiger partial charge in [0, 0.05) is 17.8 Å². The van der Waals surface area contributed by atoms with Crippen molar-refractivity contribution in [2.45, 2.75) is 50.5 Å². The highest BCUT2D eigenvalue weighted by Gasteiger charge is 2.15. The first-order chi connectivity index (χ1) is 10.1. The number of hydrogen-bond acceptors (Lipinski definition) is 3. The molecule has 1 aliphatic rings. The number of hydrogen-bond donors (Lipinski definition) is 1. The molecule has 1 aliphatic heterocycles. The van der Waals surface area contributed by atoms with Crippen molar-refractivity contribution in [3.8, 4) is 5.75 Å². The largest absolute Gasteiger partial charge is 0.435 e. The van der Waals surface area contributed by atoms with Gasteiger partial charge in [-0.3, -0.25) is 0 Å². The minimum atomic E-state index is -2.76. The van der Waals surface area contributed by atoms with Crippen LogP contribution in [-0.2, 0) is 6.42 Å². The van der Waals surface area contributed by atoms with Crippen molar-refractivity contribution in [3.05, 3.63) is 29.8 Å². The Bertz CT molecular complexity index is 407. The Morgan fingerprint density at radius 3 is 2.71 bits per heavy atom. The molecule has 2 nitrogen and oxygen atoms in total. The molecule has 5 heteroatoms. The fourth-order valence-electron chi connectivity index (χ4n) is 2.46. The summed E-state index contributed by atoms with van der Waals surface area (Å²) >= 11 is 2.07. The van der Waals surface area contributed by atoms with Gasteiger partial charge in [0.25, 0.3) is 0 Å². The van der Waals surface area contributed by atoms with Crippen LogP contribution < -0.4 is 10.1 Å². The van der Waals surface area contributed by atoms with Gasteiger partial charge in [-0.2, -0.15) is 20.5 Å². The summed E-state index contributed by atoms with van der Waals surface area (Å²) in [5, 5.41) is 4.36. The van der Waals surface area contributed by atoms with Crippen LogP contribution in [0, 0.1) is 0 Å². The maximum absolute atomic E-state index is 12.1. The van der Waals surface area contributed by atoms with E-state index in [0.29, 0.717) is 6.04 Å². The summed E-state index contributed by atoms with van der Waals surface area (Å²) in [5.74, 6) is 1.52. The summed E-state index contributed by atoms with van der Waals surface area (Å²) in [5.41, 5.74) is 1.15. The van der Waals surface area contributed by atoms with Crippen LogP contribution in [0.4, 0.5) is 8.78 Å². The van der Waals surface area contributed by atoms with Crippen molar-refractivity contribution in [2.75, 3.05) is 12.3 Å². The van der Waals surface area contributed by atoms with Gasteiger partial charge in [0.2, 0.25) is 0 Å². The van der Waals surface area contributed by atoms with Gasteiger partial charge in [-0.05, 0) is 56.1 Å². The predicted octanol–water partition coefficient (Wildman–Crippen LogP) is 4.09. The summed E-state index contributed by atoms with van der Waals surface area (Å²) in [4.78, 5) is 0. The lowest BCUT2D eigenvalue weighted by atomic mass is 10.1. The molecule has 0 aromatic heterocycles. The van der Waals surface area contributed by atoms with E-state index in [2.05, 4.69) is 28.7 Å². The maximum Gasteiger partial charge on any atom is 0.387 e. The molecule has 1 N–H and O–H groups in total. The number of thioether (sulfide) groups is 1. The van der Waals surface area contributed by atoms with E-state index in [4.69, 9.17) is 0 Å². The molecule has 0 radical (unpaired) electrons. The van der Waals surface area contributed by atoms with Gasteiger partial charge in [0.05, 0.1) is 0 Å². The Morgan fingerprint density at radius 2 is 2.10 bits per heavy atom. The molecule has 0 aliphatic carbocycles. The van der Waals surface area contributed by atoms with Crippen molar-refractivity contribution < 1.29 is 13.5 Å². The summed E-state index contributed by atoms with van der Waals surface area (Å²) in [6.07, 6.45) is 4.67. The zero-order chi connectivity index (χ0) is 15.1. The first-order valence-corrected chi connectivity index (χ1v) is 8.57. The second-order valence-electron chi connectivity index (χ2n) is 5.51. The van der Waals surface area contributed by atoms with Crippen LogP contribution in [0.3, 0.4) is 0 Å². The molecule has 1 fully saturated rings. The van der Waals surface area contributed by atoms with E-state index in [-0.39, 0.29) is 5.75 Å². The van der Waals surface area contributed by atoms with Crippen LogP contribution in [0.15, 0.2) is 24.3 Å². The zero-order valence-electron chi connectivity index (χ0n) is 12.4. The van der Waals surface area contributed by atoms with E-state index in [1.165, 1.54) is 18.6 Å². The Balaban J connectivity index is 1.66. The Labute approximate surface area is 129 Å². The molecule has 118 valence electrons. The lowest BCUT2D eigenvalue weighted by Crippen LogP contribution is -2.32. The van der Waals surface area contributed by atoms with Crippen molar-refractivity contribution in [1.29, 1.82) is 0 Å². The normalized spacial score (nSPS) is 19.9. The molecule has 2 atom stereocenters. The first kappa shape index (κ1) is 16.6. The van der Waals surface area contributed by atoms with Crippen LogP contribution in [0.25, 0.3) is 0 Å². The SMILES string of the molecule is CC(CCc1ccc(OC(F)F)cc1)NCC1CCCS1. The smallest absolute Gasteiger partial charge is 0.387 e. The summed E-state index contributed by atoms with van der Waals surface area (Å²) < 4.78 is 28.5. The molecule has 0 spiro atoms. The molecule has 0 saturated carbocycles. The topological polar surface area (TPSA) is 21.3 Å². The van der Waals surface area contributed by atoms with Gasteiger partial charge in [-0.15, -0.1) is 0 Å². The molecule has 2 rings (SSSR count). The van der Waals surface area contributed by atoms with Gasteiger partial charge < -0.3 is 10.1 Å². The highest BCUT2D eigenvalue weighted by Crippen LogP contribution is 2.25. The minimum Gasteiger partial charge on any atom is -0.435 e. The second kappa shape index (κ2) is 8.59. The Hall–Kier alpha value is -0.810. The molecular weight excluding hydrogens is 292 g/mol. The molecule has 1 aromatic rings. The van der Waals surface area contributed by atoms with Crippen molar-refractivity contribution in [3.63, 3.8) is 0 Å². The number of alkyl halides is 2. The molecular formula is C16H23F2NOS. The van der Waals surface area contributed by atoms with Crippen LogP contribution in [-0.4, -0.2) is 30.2 Å². The Kier molecular flexibility index (Phi) is 6.77. The number of halogens is 2. The number of rotatable bonds is 8. The molecule has 21 heavy (non-hydrogen) atoms. The van der Waals surface area contributed by atoms with Crippen LogP contribution in [0.5, 0.6) is 5.75 Å². The molecule has 2 unspecified atom stereocenters. The molecule has 0 bridgehead atoms. The maximum atomic E-state index is 12.1. The molecule has 1 heterocycles. The van der Waals surface area contributed by atoms with Gasteiger partial charge in [0.1, 0.15) is 5.75 Å². The monoisotopic (exact) mass is 315 g/mol. The van der Waals surface area contributed by atoms with Crippen LogP contribution in [0.2, 0.25) is 0 Å². The fourth-order valence-corrected chi connectivity index (χ4v) is 3.67. The van der Waals surface area contributed by atoms with Crippen molar-refractivity contribution in [2.24, 2.45) is 0 Å². The highest BCUT2D eigenvalue weighted by molar-refractivity contribution is 8.00. The average Bonchev–Trinajstić information content (AvgIpc) is 2.97. The fraction of sp³-hybridized carbons (Fsp3) is 0.625. The van der Waals surface area contributed by atoms with Gasteiger partial charge in [0.15, 0.2) is 0 Å². The van der Waals surface area contributed by atoms with Crippen LogP contribution in [0.1, 0.15) is 31.7 Å². The lowest BCUT2D eigenvalue weighted by Gasteiger charge is -2.16. The first-order valence-electron chi connectivity index (χ1n) is 7.52. The third kappa shape index (κ3) is 6.22. The molecule has 1 aromatic carbocycles. The predicted molar refractivity (Wildman–Crippen MR) is 84.3 cm³/mol. The summed E-state index contributed by atoms with van der Waals surface area (Å²) in [7, 11) is 0. The van der Waals surface area contributed by atoms with E-state index in [1.54, 1.807) is 12.1 Å². The number of nitrogens with one attached hydrogen (secondary N) is 1. The van der Waals surface area contributed by atoms with E-state index in [0.717, 1.165) is 30.2 Å². The third-order valence-electron chi connectivity index (χ3n) is 3.73. The summed E-state index contributed by atoms with van der Waals surface area (Å²) in [6.45, 7) is 0.537. The zero-order valence-corrected chi connectivity index (χ0v) is 13.2. The number of aryl methyl sites for hydroxylation is 1. The summed E-state index contributed by atoms with van der Waals surface area (Å²) in [6, 6.07) is 7.40. The average molecular weight is 315 g/mol. The van der Waals surface area contributed by atoms with Gasteiger partial charge in [-0.25, -0.2) is 0 Å². The van der Waals surface area contributed by atoms with E-state index in [1.807, 2.05) is 12.1 Å². The third-order valence-corrected chi connectivity index (χ3v) is 5.13. The quantitative estimate of drug-likeness (QED) is 0.780. The van der Waals surface area contributed by atoms with Gasteiger partial charge >= 0.3 is 6.61 Å². The number of benzene rings is 1. The molecule has 0 amide bonds.